The van der Waals surface area contributed by atoms with E-state index in [-0.39, 0.29) is 24.5 Å². The maximum Gasteiger partial charge on any atom is 0.275 e. The van der Waals surface area contributed by atoms with Gasteiger partial charge >= 0.3 is 0 Å². The van der Waals surface area contributed by atoms with Gasteiger partial charge in [-0.2, -0.15) is 5.10 Å². The van der Waals surface area contributed by atoms with Gasteiger partial charge in [0.05, 0.1) is 11.7 Å². The standard InChI is InChI=1S/C24H24N4O3/c1-16(17-8-4-3-5-9-17)28-14-18-12-13-27(24(30)22(18)25-28)20-15-31-21-11-7-6-10-19(21)26(2)23(20)29/h3-11,14,16,20H,12-13,15H2,1-2H3/t16?,20-/m0/s1. The Morgan fingerprint density at radius 1 is 1.06 bits per heavy atom. The molecule has 5 rings (SSSR count). The van der Waals surface area contributed by atoms with Crippen LogP contribution in [0.1, 0.15) is 34.6 Å². The Morgan fingerprint density at radius 3 is 2.61 bits per heavy atom. The summed E-state index contributed by atoms with van der Waals surface area (Å²) in [6.45, 7) is 2.65. The van der Waals surface area contributed by atoms with E-state index in [1.54, 1.807) is 16.8 Å². The molecule has 0 N–H and O–H groups in total. The fourth-order valence-corrected chi connectivity index (χ4v) is 4.31. The second kappa shape index (κ2) is 7.58. The summed E-state index contributed by atoms with van der Waals surface area (Å²) in [4.78, 5) is 29.7. The first-order valence-corrected chi connectivity index (χ1v) is 10.5. The lowest BCUT2D eigenvalue weighted by molar-refractivity contribution is -0.123. The maximum atomic E-state index is 13.3. The summed E-state index contributed by atoms with van der Waals surface area (Å²) in [5.41, 5.74) is 3.17. The average Bonchev–Trinajstić information content (AvgIpc) is 3.20. The first-order valence-electron chi connectivity index (χ1n) is 10.5. The molecular formula is C24H24N4O3. The quantitative estimate of drug-likeness (QED) is 0.659. The Hall–Kier alpha value is -3.61. The van der Waals surface area contributed by atoms with E-state index >= 15 is 0 Å². The van der Waals surface area contributed by atoms with Crippen molar-refractivity contribution in [2.45, 2.75) is 25.4 Å². The fraction of sp³-hybridized carbons (Fsp3) is 0.292. The molecule has 3 aromatic rings. The minimum atomic E-state index is -0.685. The summed E-state index contributed by atoms with van der Waals surface area (Å²) < 4.78 is 7.75. The van der Waals surface area contributed by atoms with E-state index in [2.05, 4.69) is 24.2 Å². The van der Waals surface area contributed by atoms with Crippen LogP contribution in [0.25, 0.3) is 0 Å². The molecule has 0 radical (unpaired) electrons. The highest BCUT2D eigenvalue weighted by Gasteiger charge is 2.40. The zero-order valence-corrected chi connectivity index (χ0v) is 17.6. The van der Waals surface area contributed by atoms with Gasteiger partial charge in [0.2, 0.25) is 0 Å². The summed E-state index contributed by atoms with van der Waals surface area (Å²) in [7, 11) is 1.72. The molecule has 158 valence electrons. The molecule has 2 aliphatic rings. The van der Waals surface area contributed by atoms with Gasteiger partial charge in [0.25, 0.3) is 11.8 Å². The molecule has 0 fully saturated rings. The number of likely N-dealkylation sites (N-methyl/N-ethyl adjacent to an activating group) is 1. The third kappa shape index (κ3) is 3.26. The third-order valence-corrected chi connectivity index (χ3v) is 6.19. The van der Waals surface area contributed by atoms with Crippen molar-refractivity contribution in [2.24, 2.45) is 0 Å². The predicted molar refractivity (Wildman–Crippen MR) is 116 cm³/mol. The fourth-order valence-electron chi connectivity index (χ4n) is 4.31. The Kier molecular flexibility index (Phi) is 4.73. The van der Waals surface area contributed by atoms with Gasteiger partial charge in [-0.1, -0.05) is 42.5 Å². The van der Waals surface area contributed by atoms with Crippen LogP contribution in [0.15, 0.2) is 60.8 Å². The summed E-state index contributed by atoms with van der Waals surface area (Å²) in [5.74, 6) is 0.271. The highest BCUT2D eigenvalue weighted by molar-refractivity contribution is 6.03. The van der Waals surface area contributed by atoms with E-state index in [0.29, 0.717) is 30.1 Å². The number of carbonyl (C=O) groups is 2. The molecule has 2 aromatic carbocycles. The second-order valence-corrected chi connectivity index (χ2v) is 8.01. The van der Waals surface area contributed by atoms with Crippen LogP contribution in [0.2, 0.25) is 0 Å². The van der Waals surface area contributed by atoms with Gasteiger partial charge in [-0.05, 0) is 31.0 Å². The Bertz CT molecular complexity index is 1140. The maximum absolute atomic E-state index is 13.3. The van der Waals surface area contributed by atoms with E-state index in [4.69, 9.17) is 4.74 Å². The molecule has 2 aliphatic heterocycles. The zero-order chi connectivity index (χ0) is 21.5. The SMILES string of the molecule is CC(c1ccccc1)n1cc2c(n1)C(=O)N([C@H]1COc3ccccc3N(C)C1=O)CC2. The number of amides is 2. The van der Waals surface area contributed by atoms with Crippen LogP contribution in [0.4, 0.5) is 5.69 Å². The highest BCUT2D eigenvalue weighted by atomic mass is 16.5. The number of benzene rings is 2. The van der Waals surface area contributed by atoms with Crippen LogP contribution < -0.4 is 9.64 Å². The van der Waals surface area contributed by atoms with Crippen molar-refractivity contribution in [1.29, 1.82) is 0 Å². The van der Waals surface area contributed by atoms with Crippen molar-refractivity contribution in [3.05, 3.63) is 77.6 Å². The molecule has 0 bridgehead atoms. The molecule has 31 heavy (non-hydrogen) atoms. The molecule has 0 saturated heterocycles. The monoisotopic (exact) mass is 416 g/mol. The molecule has 1 unspecified atom stereocenters. The Labute approximate surface area is 180 Å². The number of hydrogen-bond acceptors (Lipinski definition) is 4. The first kappa shape index (κ1) is 19.4. The summed E-state index contributed by atoms with van der Waals surface area (Å²) in [6.07, 6.45) is 2.61. The molecule has 0 spiro atoms. The van der Waals surface area contributed by atoms with Crippen molar-refractivity contribution in [2.75, 3.05) is 25.1 Å². The van der Waals surface area contributed by atoms with Gasteiger partial charge in [0.15, 0.2) is 5.69 Å². The summed E-state index contributed by atoms with van der Waals surface area (Å²) >= 11 is 0. The number of anilines is 1. The topological polar surface area (TPSA) is 67.7 Å². The largest absolute Gasteiger partial charge is 0.489 e. The number of nitrogens with zero attached hydrogens (tertiary/aromatic N) is 4. The van der Waals surface area contributed by atoms with E-state index in [0.717, 1.165) is 11.1 Å². The lowest BCUT2D eigenvalue weighted by Crippen LogP contribution is -2.54. The molecule has 0 aliphatic carbocycles. The third-order valence-electron chi connectivity index (χ3n) is 6.19. The predicted octanol–water partition coefficient (Wildman–Crippen LogP) is 2.91. The van der Waals surface area contributed by atoms with Crippen LogP contribution >= 0.6 is 0 Å². The Morgan fingerprint density at radius 2 is 1.81 bits per heavy atom. The molecule has 7 heteroatoms. The van der Waals surface area contributed by atoms with Crippen molar-refractivity contribution in [3.63, 3.8) is 0 Å². The lowest BCUT2D eigenvalue weighted by atomic mass is 10.0. The van der Waals surface area contributed by atoms with Crippen LogP contribution in [0.5, 0.6) is 5.75 Å². The molecule has 0 saturated carbocycles. The number of ether oxygens (including phenoxy) is 1. The molecule has 2 atom stereocenters. The number of carbonyl (C=O) groups excluding carboxylic acids is 2. The van der Waals surface area contributed by atoms with E-state index < -0.39 is 6.04 Å². The van der Waals surface area contributed by atoms with Gasteiger partial charge in [0.1, 0.15) is 18.4 Å². The minimum Gasteiger partial charge on any atom is -0.489 e. The highest BCUT2D eigenvalue weighted by Crippen LogP contribution is 2.32. The number of para-hydroxylation sites is 2. The molecular weight excluding hydrogens is 392 g/mol. The van der Waals surface area contributed by atoms with Gasteiger partial charge in [-0.3, -0.25) is 14.3 Å². The van der Waals surface area contributed by atoms with Crippen LogP contribution in [-0.2, 0) is 11.2 Å². The smallest absolute Gasteiger partial charge is 0.275 e. The number of fused-ring (bicyclic) bond motifs is 2. The van der Waals surface area contributed by atoms with E-state index in [9.17, 15) is 9.59 Å². The number of aromatic nitrogens is 2. The lowest BCUT2D eigenvalue weighted by Gasteiger charge is -2.33. The van der Waals surface area contributed by atoms with Gasteiger partial charge in [-0.25, -0.2) is 0 Å². The normalized spacial score (nSPS) is 19.4. The number of hydrogen-bond donors (Lipinski definition) is 0. The zero-order valence-electron chi connectivity index (χ0n) is 17.6. The summed E-state index contributed by atoms with van der Waals surface area (Å²) in [5, 5.41) is 4.62. The van der Waals surface area contributed by atoms with Crippen molar-refractivity contribution < 1.29 is 14.3 Å². The van der Waals surface area contributed by atoms with E-state index in [1.165, 1.54) is 0 Å². The minimum absolute atomic E-state index is 0.0107. The van der Waals surface area contributed by atoms with Crippen molar-refractivity contribution in [3.8, 4) is 5.75 Å². The summed E-state index contributed by atoms with van der Waals surface area (Å²) in [6, 6.07) is 16.8. The van der Waals surface area contributed by atoms with Crippen molar-refractivity contribution in [1.82, 2.24) is 14.7 Å². The average molecular weight is 416 g/mol. The number of rotatable bonds is 3. The van der Waals surface area contributed by atoms with Gasteiger partial charge in [-0.15, -0.1) is 0 Å². The second-order valence-electron chi connectivity index (χ2n) is 8.01. The van der Waals surface area contributed by atoms with Crippen LogP contribution in [0.3, 0.4) is 0 Å². The van der Waals surface area contributed by atoms with E-state index in [1.807, 2.05) is 53.3 Å². The Balaban J connectivity index is 1.41. The molecule has 2 amide bonds. The van der Waals surface area contributed by atoms with Gasteiger partial charge in [0, 0.05) is 25.4 Å². The van der Waals surface area contributed by atoms with Crippen LogP contribution in [-0.4, -0.2) is 52.7 Å². The molecule has 3 heterocycles. The van der Waals surface area contributed by atoms with Crippen molar-refractivity contribution >= 4 is 17.5 Å². The molecule has 7 nitrogen and oxygen atoms in total. The molecule has 1 aromatic heterocycles. The van der Waals surface area contributed by atoms with Crippen LogP contribution in [0, 0.1) is 0 Å². The first-order chi connectivity index (χ1) is 15.0. The van der Waals surface area contributed by atoms with Gasteiger partial charge < -0.3 is 14.5 Å².